The molecule has 0 aliphatic heterocycles. The summed E-state index contributed by atoms with van der Waals surface area (Å²) < 4.78 is 0. The Balaban J connectivity index is 1.81. The number of nitrogens with one attached hydrogen (secondary N) is 3. The second kappa shape index (κ2) is 6.26. The summed E-state index contributed by atoms with van der Waals surface area (Å²) >= 11 is 0. The summed E-state index contributed by atoms with van der Waals surface area (Å²) in [5.41, 5.74) is 5.19. The molecule has 0 saturated carbocycles. The quantitative estimate of drug-likeness (QED) is 0.628. The minimum Gasteiger partial charge on any atom is -0.386 e. The topological polar surface area (TPSA) is 64.6 Å². The first-order valence-corrected chi connectivity index (χ1v) is 7.19. The maximum absolute atomic E-state index is 7.64. The molecule has 0 aliphatic carbocycles. The van der Waals surface area contributed by atoms with E-state index in [1.807, 2.05) is 30.6 Å². The third kappa shape index (κ3) is 2.91. The van der Waals surface area contributed by atoms with Gasteiger partial charge in [0.1, 0.15) is 0 Å². The van der Waals surface area contributed by atoms with Crippen LogP contribution in [0.3, 0.4) is 0 Å². The lowest BCUT2D eigenvalue weighted by atomic mass is 10.1. The fourth-order valence-electron chi connectivity index (χ4n) is 2.44. The molecule has 0 spiro atoms. The van der Waals surface area contributed by atoms with E-state index in [9.17, 15) is 0 Å². The van der Waals surface area contributed by atoms with Crippen LogP contribution < -0.4 is 5.32 Å². The van der Waals surface area contributed by atoms with Crippen molar-refractivity contribution in [1.29, 1.82) is 5.41 Å². The van der Waals surface area contributed by atoms with E-state index in [1.165, 1.54) is 17.2 Å². The summed E-state index contributed by atoms with van der Waals surface area (Å²) in [6.07, 6.45) is 6.81. The van der Waals surface area contributed by atoms with E-state index in [0.29, 0.717) is 6.54 Å². The molecule has 0 bridgehead atoms. The number of H-pyrrole nitrogens is 1. The van der Waals surface area contributed by atoms with E-state index in [0.717, 1.165) is 22.3 Å². The highest BCUT2D eigenvalue weighted by atomic mass is 14.8. The van der Waals surface area contributed by atoms with E-state index in [1.54, 1.807) is 6.20 Å². The van der Waals surface area contributed by atoms with Gasteiger partial charge in [-0.15, -0.1) is 0 Å². The Morgan fingerprint density at radius 1 is 1.32 bits per heavy atom. The van der Waals surface area contributed by atoms with Gasteiger partial charge in [-0.25, -0.2) is 0 Å². The molecule has 0 radical (unpaired) electrons. The monoisotopic (exact) mass is 290 g/mol. The molecular weight excluding hydrogens is 272 g/mol. The predicted octanol–water partition coefficient (Wildman–Crippen LogP) is 3.65. The molecule has 2 aromatic heterocycles. The summed E-state index contributed by atoms with van der Waals surface area (Å²) in [5, 5.41) is 12.1. The Morgan fingerprint density at radius 3 is 2.95 bits per heavy atom. The van der Waals surface area contributed by atoms with Crippen molar-refractivity contribution >= 4 is 22.7 Å². The zero-order valence-electron chi connectivity index (χ0n) is 12.4. The zero-order chi connectivity index (χ0) is 15.4. The standard InChI is InChI=1S/C18H18N4/c1-13-4-2-6-17-16(13)8-18(22-17)15(9-19)12-21-11-14-5-3-7-20-10-14/h2-10,12,19,21-22H,11H2,1H3/b15-12+,19-9?. The molecule has 4 heteroatoms. The minimum atomic E-state index is 0.685. The lowest BCUT2D eigenvalue weighted by Crippen LogP contribution is -2.06. The van der Waals surface area contributed by atoms with Crippen molar-refractivity contribution in [3.8, 4) is 0 Å². The van der Waals surface area contributed by atoms with Gasteiger partial charge in [-0.2, -0.15) is 0 Å². The molecule has 3 rings (SSSR count). The summed E-state index contributed by atoms with van der Waals surface area (Å²) in [7, 11) is 0. The number of hydrogen-bond acceptors (Lipinski definition) is 3. The van der Waals surface area contributed by atoms with Gasteiger partial charge in [0.05, 0.1) is 0 Å². The molecule has 0 saturated heterocycles. The Kier molecular flexibility index (Phi) is 4.01. The van der Waals surface area contributed by atoms with Crippen LogP contribution >= 0.6 is 0 Å². The number of allylic oxidation sites excluding steroid dienone is 1. The number of pyridine rings is 1. The summed E-state index contributed by atoms with van der Waals surface area (Å²) in [6.45, 7) is 2.78. The van der Waals surface area contributed by atoms with E-state index in [2.05, 4.69) is 40.4 Å². The van der Waals surface area contributed by atoms with E-state index in [4.69, 9.17) is 5.41 Å². The van der Waals surface area contributed by atoms with E-state index in [-0.39, 0.29) is 0 Å². The van der Waals surface area contributed by atoms with Crippen LogP contribution in [-0.2, 0) is 6.54 Å². The SMILES string of the molecule is Cc1cccc2[nH]c(/C(C=N)=C/NCc3cccnc3)cc12. The van der Waals surface area contributed by atoms with Gasteiger partial charge in [0, 0.05) is 53.5 Å². The number of nitrogens with zero attached hydrogens (tertiary/aromatic N) is 1. The largest absolute Gasteiger partial charge is 0.386 e. The number of aromatic nitrogens is 2. The summed E-state index contributed by atoms with van der Waals surface area (Å²) in [4.78, 5) is 7.45. The molecular formula is C18H18N4. The van der Waals surface area contributed by atoms with Crippen molar-refractivity contribution in [2.45, 2.75) is 13.5 Å². The van der Waals surface area contributed by atoms with Crippen LogP contribution in [0.15, 0.2) is 55.0 Å². The van der Waals surface area contributed by atoms with Gasteiger partial charge in [0.25, 0.3) is 0 Å². The predicted molar refractivity (Wildman–Crippen MR) is 90.9 cm³/mol. The molecule has 0 atom stereocenters. The number of benzene rings is 1. The van der Waals surface area contributed by atoms with Crippen molar-refractivity contribution in [2.75, 3.05) is 0 Å². The zero-order valence-corrected chi connectivity index (χ0v) is 12.4. The fourth-order valence-corrected chi connectivity index (χ4v) is 2.44. The average molecular weight is 290 g/mol. The van der Waals surface area contributed by atoms with Gasteiger partial charge in [-0.1, -0.05) is 18.2 Å². The Morgan fingerprint density at radius 2 is 2.23 bits per heavy atom. The Hall–Kier alpha value is -2.88. The molecule has 4 nitrogen and oxygen atoms in total. The summed E-state index contributed by atoms with van der Waals surface area (Å²) in [6, 6.07) is 12.2. The summed E-state index contributed by atoms with van der Waals surface area (Å²) in [5.74, 6) is 0. The van der Waals surface area contributed by atoms with Gasteiger partial charge in [0.15, 0.2) is 0 Å². The van der Waals surface area contributed by atoms with Crippen molar-refractivity contribution in [1.82, 2.24) is 15.3 Å². The number of rotatable bonds is 5. The number of hydrogen-bond donors (Lipinski definition) is 3. The fraction of sp³-hybridized carbons (Fsp3) is 0.111. The van der Waals surface area contributed by atoms with Gasteiger partial charge in [0.2, 0.25) is 0 Å². The van der Waals surface area contributed by atoms with Gasteiger partial charge in [-0.3, -0.25) is 4.98 Å². The van der Waals surface area contributed by atoms with Gasteiger partial charge < -0.3 is 15.7 Å². The Labute approximate surface area is 129 Å². The highest BCUT2D eigenvalue weighted by Crippen LogP contribution is 2.22. The first-order chi connectivity index (χ1) is 10.8. The van der Waals surface area contributed by atoms with Crippen molar-refractivity contribution in [3.05, 3.63) is 71.8 Å². The number of aromatic amines is 1. The van der Waals surface area contributed by atoms with Gasteiger partial charge in [-0.05, 0) is 36.2 Å². The molecule has 2 heterocycles. The average Bonchev–Trinajstić information content (AvgIpc) is 2.98. The second-order valence-corrected chi connectivity index (χ2v) is 5.21. The highest BCUT2D eigenvalue weighted by Gasteiger charge is 2.05. The minimum absolute atomic E-state index is 0.685. The van der Waals surface area contributed by atoms with Crippen LogP contribution in [0.25, 0.3) is 16.5 Å². The molecule has 0 amide bonds. The maximum atomic E-state index is 7.64. The molecule has 3 aromatic rings. The molecule has 1 aromatic carbocycles. The van der Waals surface area contributed by atoms with Crippen LogP contribution in [0, 0.1) is 12.3 Å². The van der Waals surface area contributed by atoms with Crippen molar-refractivity contribution in [2.24, 2.45) is 0 Å². The molecule has 22 heavy (non-hydrogen) atoms. The number of aryl methyl sites for hydroxylation is 1. The molecule has 0 unspecified atom stereocenters. The van der Waals surface area contributed by atoms with Crippen LogP contribution in [0.4, 0.5) is 0 Å². The molecule has 0 fully saturated rings. The molecule has 110 valence electrons. The molecule has 3 N–H and O–H groups in total. The highest BCUT2D eigenvalue weighted by molar-refractivity contribution is 6.09. The number of fused-ring (bicyclic) bond motifs is 1. The lowest BCUT2D eigenvalue weighted by Gasteiger charge is -2.03. The first-order valence-electron chi connectivity index (χ1n) is 7.19. The van der Waals surface area contributed by atoms with Crippen LogP contribution in [0.1, 0.15) is 16.8 Å². The maximum Gasteiger partial charge on any atom is 0.0494 e. The normalized spacial score (nSPS) is 11.6. The van der Waals surface area contributed by atoms with Crippen LogP contribution in [0.2, 0.25) is 0 Å². The van der Waals surface area contributed by atoms with E-state index < -0.39 is 0 Å². The van der Waals surface area contributed by atoms with E-state index >= 15 is 0 Å². The molecule has 0 aliphatic rings. The smallest absolute Gasteiger partial charge is 0.0494 e. The second-order valence-electron chi connectivity index (χ2n) is 5.21. The lowest BCUT2D eigenvalue weighted by molar-refractivity contribution is 0.866. The van der Waals surface area contributed by atoms with Crippen LogP contribution in [-0.4, -0.2) is 16.2 Å². The van der Waals surface area contributed by atoms with Gasteiger partial charge >= 0.3 is 0 Å². The Bertz CT molecular complexity index is 815. The van der Waals surface area contributed by atoms with Crippen molar-refractivity contribution < 1.29 is 0 Å². The first kappa shape index (κ1) is 14.1. The van der Waals surface area contributed by atoms with Crippen LogP contribution in [0.5, 0.6) is 0 Å². The van der Waals surface area contributed by atoms with Crippen molar-refractivity contribution in [3.63, 3.8) is 0 Å². The third-order valence-electron chi connectivity index (χ3n) is 3.64. The third-order valence-corrected chi connectivity index (χ3v) is 3.64.